The van der Waals surface area contributed by atoms with Crippen molar-refractivity contribution in [2.24, 2.45) is 0 Å². The Balaban J connectivity index is 1.75. The van der Waals surface area contributed by atoms with Crippen LogP contribution in [0, 0.1) is 0 Å². The number of rotatable bonds is 7. The van der Waals surface area contributed by atoms with Crippen LogP contribution in [0.25, 0.3) is 11.0 Å². The van der Waals surface area contributed by atoms with E-state index in [0.29, 0.717) is 29.2 Å². The Bertz CT molecular complexity index is 1050. The Morgan fingerprint density at radius 3 is 2.64 bits per heavy atom. The first-order valence-corrected chi connectivity index (χ1v) is 9.89. The van der Waals surface area contributed by atoms with Crippen molar-refractivity contribution in [3.05, 3.63) is 82.1 Å². The fourth-order valence-corrected chi connectivity index (χ4v) is 3.12. The van der Waals surface area contributed by atoms with Crippen molar-refractivity contribution in [2.45, 2.75) is 20.3 Å². The second-order valence-electron chi connectivity index (χ2n) is 6.30. The van der Waals surface area contributed by atoms with Crippen LogP contribution in [0.3, 0.4) is 0 Å². The van der Waals surface area contributed by atoms with Crippen LogP contribution in [0.2, 0.25) is 0 Å². The smallest absolute Gasteiger partial charge is 0.230 e. The van der Waals surface area contributed by atoms with Crippen molar-refractivity contribution >= 4 is 38.4 Å². The number of nitrogens with two attached hydrogens (primary N) is 1. The summed E-state index contributed by atoms with van der Waals surface area (Å²) in [6, 6.07) is 12.5. The van der Waals surface area contributed by atoms with E-state index in [1.165, 1.54) is 0 Å². The van der Waals surface area contributed by atoms with Crippen LogP contribution in [0.5, 0.6) is 5.75 Å². The number of carbonyl (C=O) groups excluding carboxylic acids is 1. The van der Waals surface area contributed by atoms with Gasteiger partial charge < -0.3 is 14.9 Å². The molecule has 2 N–H and O–H groups in total. The van der Waals surface area contributed by atoms with Crippen LogP contribution in [0.15, 0.2) is 75.2 Å². The fraction of sp³-hybridized carbons (Fsp3) is 0.174. The Hall–Kier alpha value is -2.79. The summed E-state index contributed by atoms with van der Waals surface area (Å²) in [7, 11) is 0. The Morgan fingerprint density at radius 2 is 1.96 bits per heavy atom. The van der Waals surface area contributed by atoms with E-state index in [1.54, 1.807) is 30.3 Å². The summed E-state index contributed by atoms with van der Waals surface area (Å²) in [5, 5.41) is 0.719. The second-order valence-corrected chi connectivity index (χ2v) is 7.22. The number of nitrogen functional groups attached to an aromatic ring is 1. The Morgan fingerprint density at radius 1 is 1.21 bits per heavy atom. The predicted molar refractivity (Wildman–Crippen MR) is 117 cm³/mol. The third kappa shape index (κ3) is 4.37. The molecule has 2 aromatic carbocycles. The summed E-state index contributed by atoms with van der Waals surface area (Å²) in [6.07, 6.45) is 7.15. The first-order valence-electron chi connectivity index (χ1n) is 9.10. The van der Waals surface area contributed by atoms with Crippen LogP contribution >= 0.6 is 15.9 Å². The monoisotopic (exact) mass is 439 g/mol. The summed E-state index contributed by atoms with van der Waals surface area (Å²) in [5.74, 6) is 0.598. The molecule has 0 aliphatic carbocycles. The second kappa shape index (κ2) is 8.93. The quantitative estimate of drug-likeness (QED) is 0.346. The van der Waals surface area contributed by atoms with E-state index in [4.69, 9.17) is 14.9 Å². The van der Waals surface area contributed by atoms with Crippen LogP contribution in [0.4, 0.5) is 5.69 Å². The number of hydrogen-bond donors (Lipinski definition) is 1. The molecule has 0 atom stereocenters. The molecular weight excluding hydrogens is 418 g/mol. The van der Waals surface area contributed by atoms with Crippen molar-refractivity contribution in [3.8, 4) is 5.75 Å². The molecule has 0 aliphatic heterocycles. The topological polar surface area (TPSA) is 65.5 Å². The lowest BCUT2D eigenvalue weighted by Crippen LogP contribution is -2.04. The van der Waals surface area contributed by atoms with E-state index in [-0.39, 0.29) is 11.5 Å². The number of anilines is 1. The van der Waals surface area contributed by atoms with Gasteiger partial charge >= 0.3 is 0 Å². The Kier molecular flexibility index (Phi) is 6.37. The molecule has 0 amide bonds. The highest BCUT2D eigenvalue weighted by atomic mass is 79.9. The molecular formula is C23H22BrNO3. The Labute approximate surface area is 172 Å². The average Bonchev–Trinajstić information content (AvgIpc) is 3.04. The summed E-state index contributed by atoms with van der Waals surface area (Å²) >= 11 is 3.41. The van der Waals surface area contributed by atoms with Crippen LogP contribution < -0.4 is 10.5 Å². The van der Waals surface area contributed by atoms with E-state index < -0.39 is 0 Å². The molecule has 1 aromatic heterocycles. The number of ketones is 1. The third-order valence-corrected chi connectivity index (χ3v) is 4.85. The largest absolute Gasteiger partial charge is 0.489 e. The maximum Gasteiger partial charge on any atom is 0.230 e. The van der Waals surface area contributed by atoms with Crippen LogP contribution in [-0.4, -0.2) is 12.4 Å². The first kappa shape index (κ1) is 20.0. The van der Waals surface area contributed by atoms with Gasteiger partial charge in [0.25, 0.3) is 0 Å². The zero-order chi connectivity index (χ0) is 20.1. The van der Waals surface area contributed by atoms with Crippen molar-refractivity contribution in [3.63, 3.8) is 0 Å². The normalized spacial score (nSPS) is 12.0. The molecule has 3 aromatic rings. The maximum atomic E-state index is 12.8. The molecule has 4 nitrogen and oxygen atoms in total. The summed E-state index contributed by atoms with van der Waals surface area (Å²) in [6.45, 7) is 4.55. The van der Waals surface area contributed by atoms with E-state index in [0.717, 1.165) is 21.9 Å². The van der Waals surface area contributed by atoms with Gasteiger partial charge in [0.05, 0.1) is 5.69 Å². The van der Waals surface area contributed by atoms with Crippen LogP contribution in [0.1, 0.15) is 36.4 Å². The molecule has 5 heteroatoms. The molecule has 28 heavy (non-hydrogen) atoms. The van der Waals surface area contributed by atoms with Gasteiger partial charge in [0.2, 0.25) is 5.78 Å². The number of halogens is 1. The van der Waals surface area contributed by atoms with E-state index in [9.17, 15) is 4.79 Å². The minimum Gasteiger partial charge on any atom is -0.489 e. The van der Waals surface area contributed by atoms with Gasteiger partial charge in [-0.1, -0.05) is 41.1 Å². The number of hydrogen-bond acceptors (Lipinski definition) is 4. The highest BCUT2D eigenvalue weighted by Crippen LogP contribution is 2.32. The zero-order valence-corrected chi connectivity index (χ0v) is 17.5. The summed E-state index contributed by atoms with van der Waals surface area (Å²) < 4.78 is 12.4. The highest BCUT2D eigenvalue weighted by Gasteiger charge is 2.20. The lowest BCUT2D eigenvalue weighted by molar-refractivity contribution is 0.101. The van der Waals surface area contributed by atoms with Crippen molar-refractivity contribution in [2.75, 3.05) is 12.3 Å². The molecule has 0 saturated heterocycles. The zero-order valence-electron chi connectivity index (χ0n) is 15.9. The lowest BCUT2D eigenvalue weighted by atomic mass is 10.1. The number of fused-ring (bicyclic) bond motifs is 1. The van der Waals surface area contributed by atoms with Crippen molar-refractivity contribution in [1.29, 1.82) is 0 Å². The minimum atomic E-state index is -0.253. The van der Waals surface area contributed by atoms with Gasteiger partial charge in [-0.15, -0.1) is 0 Å². The number of ether oxygens (including phenoxy) is 1. The molecule has 144 valence electrons. The molecule has 0 fully saturated rings. The SMILES string of the molecule is C/C=C(\C=C/CC)COc1ccc(C(=O)c2oc3ccc(Br)cc3c2N)cc1. The average molecular weight is 440 g/mol. The van der Waals surface area contributed by atoms with Gasteiger partial charge in [-0.2, -0.15) is 0 Å². The number of furan rings is 1. The molecule has 3 rings (SSSR count). The molecule has 0 aliphatic rings. The van der Waals surface area contributed by atoms with E-state index in [1.807, 2.05) is 25.1 Å². The summed E-state index contributed by atoms with van der Waals surface area (Å²) in [5.41, 5.74) is 8.67. The van der Waals surface area contributed by atoms with Crippen molar-refractivity contribution < 1.29 is 13.9 Å². The van der Waals surface area contributed by atoms with Gasteiger partial charge in [-0.3, -0.25) is 4.79 Å². The third-order valence-electron chi connectivity index (χ3n) is 4.36. The van der Waals surface area contributed by atoms with Crippen molar-refractivity contribution in [1.82, 2.24) is 0 Å². The van der Waals surface area contributed by atoms with Gasteiger partial charge in [-0.25, -0.2) is 0 Å². The standard InChI is InChI=1S/C23H22BrNO3/c1-3-5-6-15(4-2)14-27-18-10-7-16(8-11-18)22(26)23-21(25)19-13-17(24)9-12-20(19)28-23/h4-13H,3,14,25H2,1-2H3/b6-5-,15-4+. The molecule has 0 saturated carbocycles. The highest BCUT2D eigenvalue weighted by molar-refractivity contribution is 9.10. The molecule has 0 spiro atoms. The number of benzene rings is 2. The summed E-state index contributed by atoms with van der Waals surface area (Å²) in [4.78, 5) is 12.8. The fourth-order valence-electron chi connectivity index (χ4n) is 2.75. The number of allylic oxidation sites excluding steroid dienone is 2. The van der Waals surface area contributed by atoms with E-state index >= 15 is 0 Å². The van der Waals surface area contributed by atoms with Gasteiger partial charge in [-0.05, 0) is 61.4 Å². The molecule has 0 bridgehead atoms. The maximum absolute atomic E-state index is 12.8. The van der Waals surface area contributed by atoms with E-state index in [2.05, 4.69) is 35.0 Å². The first-order chi connectivity index (χ1) is 13.5. The minimum absolute atomic E-state index is 0.155. The predicted octanol–water partition coefficient (Wildman–Crippen LogP) is 6.30. The van der Waals surface area contributed by atoms with Gasteiger partial charge in [0.1, 0.15) is 17.9 Å². The van der Waals surface area contributed by atoms with Gasteiger partial charge in [0.15, 0.2) is 5.76 Å². The van der Waals surface area contributed by atoms with Crippen LogP contribution in [-0.2, 0) is 0 Å². The molecule has 1 heterocycles. The molecule has 0 unspecified atom stereocenters. The lowest BCUT2D eigenvalue weighted by Gasteiger charge is -2.07. The molecule has 0 radical (unpaired) electrons. The van der Waals surface area contributed by atoms with Gasteiger partial charge in [0, 0.05) is 15.4 Å². The number of carbonyl (C=O) groups is 1.